The first-order valence-electron chi connectivity index (χ1n) is 8.83. The van der Waals surface area contributed by atoms with Gasteiger partial charge < -0.3 is 14.7 Å². The number of quaternary nitrogens is 1. The van der Waals surface area contributed by atoms with Gasteiger partial charge in [0.15, 0.2) is 5.76 Å². The van der Waals surface area contributed by atoms with E-state index in [-0.39, 0.29) is 22.7 Å². The zero-order valence-corrected chi connectivity index (χ0v) is 16.0. The number of ketones is 1. The Labute approximate surface area is 154 Å². The zero-order valence-electron chi connectivity index (χ0n) is 16.0. The molecular formula is C22H25NO3. The summed E-state index contributed by atoms with van der Waals surface area (Å²) in [4.78, 5) is 13.8. The molecule has 3 rings (SSSR count). The Kier molecular flexibility index (Phi) is 4.63. The van der Waals surface area contributed by atoms with Gasteiger partial charge in [0.25, 0.3) is 0 Å². The van der Waals surface area contributed by atoms with Gasteiger partial charge in [0.2, 0.25) is 5.78 Å². The molecule has 4 heteroatoms. The Morgan fingerprint density at radius 2 is 1.73 bits per heavy atom. The number of hydrogen-bond acceptors (Lipinski definition) is 3. The van der Waals surface area contributed by atoms with Crippen LogP contribution < -0.4 is 14.7 Å². The van der Waals surface area contributed by atoms with Crippen molar-refractivity contribution in [2.45, 2.75) is 32.7 Å². The zero-order chi connectivity index (χ0) is 19.1. The molecule has 2 aromatic carbocycles. The van der Waals surface area contributed by atoms with E-state index in [1.807, 2.05) is 26.2 Å². The van der Waals surface area contributed by atoms with Gasteiger partial charge in [-0.2, -0.15) is 0 Å². The molecule has 0 saturated carbocycles. The van der Waals surface area contributed by atoms with Crippen LogP contribution in [0.3, 0.4) is 0 Å². The number of ether oxygens (including phenoxy) is 1. The molecule has 1 N–H and O–H groups in total. The summed E-state index contributed by atoms with van der Waals surface area (Å²) in [6.45, 7) is 7.00. The number of carbonyl (C=O) groups excluding carboxylic acids is 1. The average molecular weight is 351 g/mol. The van der Waals surface area contributed by atoms with Gasteiger partial charge >= 0.3 is 0 Å². The molecule has 0 atom stereocenters. The molecule has 136 valence electrons. The van der Waals surface area contributed by atoms with Crippen molar-refractivity contribution >= 4 is 11.9 Å². The number of rotatable bonds is 3. The monoisotopic (exact) mass is 351 g/mol. The molecular weight excluding hydrogens is 326 g/mol. The van der Waals surface area contributed by atoms with Crippen molar-refractivity contribution in [2.75, 3.05) is 14.1 Å². The first-order chi connectivity index (χ1) is 12.2. The number of benzene rings is 2. The van der Waals surface area contributed by atoms with E-state index in [0.717, 1.165) is 10.5 Å². The third-order valence-electron chi connectivity index (χ3n) is 4.50. The number of nitrogens with one attached hydrogen (secondary N) is 1. The van der Waals surface area contributed by atoms with Gasteiger partial charge in [-0.25, -0.2) is 0 Å². The summed E-state index contributed by atoms with van der Waals surface area (Å²) in [6.07, 6.45) is 1.74. The molecule has 2 aromatic rings. The van der Waals surface area contributed by atoms with Crippen LogP contribution in [0.2, 0.25) is 0 Å². The van der Waals surface area contributed by atoms with E-state index < -0.39 is 0 Å². The maximum Gasteiger partial charge on any atom is 0.231 e. The lowest BCUT2D eigenvalue weighted by molar-refractivity contribution is -0.872. The van der Waals surface area contributed by atoms with Crippen LogP contribution in [0.1, 0.15) is 47.8 Å². The predicted molar refractivity (Wildman–Crippen MR) is 100 cm³/mol. The highest BCUT2D eigenvalue weighted by atomic mass is 16.5. The maximum atomic E-state index is 12.7. The summed E-state index contributed by atoms with van der Waals surface area (Å²) in [5.74, 6) is 0.425. The summed E-state index contributed by atoms with van der Waals surface area (Å²) < 4.78 is 5.83. The molecule has 0 radical (unpaired) electrons. The van der Waals surface area contributed by atoms with Crippen LogP contribution >= 0.6 is 0 Å². The Hall–Kier alpha value is -2.59. The second kappa shape index (κ2) is 6.61. The van der Waals surface area contributed by atoms with E-state index in [2.05, 4.69) is 32.9 Å². The van der Waals surface area contributed by atoms with Crippen molar-refractivity contribution in [3.63, 3.8) is 0 Å². The number of allylic oxidation sites excluding steroid dienone is 1. The van der Waals surface area contributed by atoms with E-state index in [0.29, 0.717) is 23.4 Å². The molecule has 1 aliphatic rings. The lowest BCUT2D eigenvalue weighted by atomic mass is 9.86. The molecule has 1 heterocycles. The minimum Gasteiger partial charge on any atom is -0.872 e. The minimum atomic E-state index is -0.171. The Morgan fingerprint density at radius 3 is 2.31 bits per heavy atom. The first kappa shape index (κ1) is 18.2. The van der Waals surface area contributed by atoms with E-state index >= 15 is 0 Å². The van der Waals surface area contributed by atoms with Crippen LogP contribution in [0, 0.1) is 0 Å². The Bertz CT molecular complexity index is 871. The van der Waals surface area contributed by atoms with Crippen LogP contribution in [-0.2, 0) is 12.0 Å². The smallest absolute Gasteiger partial charge is 0.231 e. The number of fused-ring (bicyclic) bond motifs is 1. The predicted octanol–water partition coefficient (Wildman–Crippen LogP) is 2.32. The number of Topliss-reactive ketones (excluding diaryl/α,β-unsaturated/α-hetero) is 1. The van der Waals surface area contributed by atoms with E-state index in [9.17, 15) is 9.90 Å². The number of carbonyl (C=O) groups is 1. The van der Waals surface area contributed by atoms with Gasteiger partial charge in [0, 0.05) is 5.56 Å². The second-order valence-corrected chi connectivity index (χ2v) is 8.11. The maximum absolute atomic E-state index is 12.7. The van der Waals surface area contributed by atoms with Crippen LogP contribution in [0.5, 0.6) is 11.5 Å². The average Bonchev–Trinajstić information content (AvgIpc) is 2.86. The van der Waals surface area contributed by atoms with Crippen molar-refractivity contribution in [3.05, 3.63) is 64.4 Å². The van der Waals surface area contributed by atoms with Crippen LogP contribution in [-0.4, -0.2) is 19.9 Å². The SMILES string of the molecule is C[NH+](C)Cc1c([O-])ccc2c1OC(=Cc1ccc(C(C)(C)C)cc1)C2=O. The lowest BCUT2D eigenvalue weighted by Gasteiger charge is -2.18. The quantitative estimate of drug-likeness (QED) is 0.864. The van der Waals surface area contributed by atoms with Gasteiger partial charge in [-0.15, -0.1) is 0 Å². The third kappa shape index (κ3) is 3.51. The lowest BCUT2D eigenvalue weighted by Crippen LogP contribution is -3.04. The molecule has 26 heavy (non-hydrogen) atoms. The normalized spacial score (nSPS) is 15.5. The molecule has 0 unspecified atom stereocenters. The standard InChI is InChI=1S/C22H25NO3/c1-22(2,3)15-8-6-14(7-9-15)12-19-20(25)16-10-11-18(24)17(13-23(4)5)21(16)26-19/h6-12,24H,13H2,1-5H3. The van der Waals surface area contributed by atoms with E-state index in [1.165, 1.54) is 11.6 Å². The largest absolute Gasteiger partial charge is 0.872 e. The highest BCUT2D eigenvalue weighted by molar-refractivity contribution is 6.14. The van der Waals surface area contributed by atoms with Crippen molar-refractivity contribution in [1.29, 1.82) is 0 Å². The number of hydrogen-bond donors (Lipinski definition) is 1. The van der Waals surface area contributed by atoms with Crippen LogP contribution in [0.15, 0.2) is 42.2 Å². The van der Waals surface area contributed by atoms with Crippen molar-refractivity contribution in [1.82, 2.24) is 0 Å². The minimum absolute atomic E-state index is 0.0789. The molecule has 0 aromatic heterocycles. The molecule has 0 bridgehead atoms. The summed E-state index contributed by atoms with van der Waals surface area (Å²) in [6, 6.07) is 11.1. The molecule has 1 aliphatic heterocycles. The molecule has 0 aliphatic carbocycles. The summed E-state index contributed by atoms with van der Waals surface area (Å²) in [5.41, 5.74) is 3.24. The fourth-order valence-corrected chi connectivity index (χ4v) is 3.04. The molecule has 0 saturated heterocycles. The van der Waals surface area contributed by atoms with Gasteiger partial charge in [0.05, 0.1) is 19.7 Å². The Balaban J connectivity index is 1.94. The summed E-state index contributed by atoms with van der Waals surface area (Å²) in [7, 11) is 3.92. The van der Waals surface area contributed by atoms with Crippen molar-refractivity contribution in [2.24, 2.45) is 0 Å². The fraction of sp³-hybridized carbons (Fsp3) is 0.318. The molecule has 0 fully saturated rings. The summed E-state index contributed by atoms with van der Waals surface area (Å²) >= 11 is 0. The van der Waals surface area contributed by atoms with Crippen LogP contribution in [0.25, 0.3) is 6.08 Å². The molecule has 4 nitrogen and oxygen atoms in total. The van der Waals surface area contributed by atoms with Crippen molar-refractivity contribution in [3.8, 4) is 11.5 Å². The van der Waals surface area contributed by atoms with Gasteiger partial charge in [-0.1, -0.05) is 56.9 Å². The topological polar surface area (TPSA) is 53.8 Å². The highest BCUT2D eigenvalue weighted by Gasteiger charge is 2.30. The van der Waals surface area contributed by atoms with Crippen LogP contribution in [0.4, 0.5) is 0 Å². The molecule has 0 spiro atoms. The van der Waals surface area contributed by atoms with Gasteiger partial charge in [-0.05, 0) is 28.7 Å². The molecule has 0 amide bonds. The third-order valence-corrected chi connectivity index (χ3v) is 4.50. The summed E-state index contributed by atoms with van der Waals surface area (Å²) in [5, 5.41) is 12.2. The first-order valence-corrected chi connectivity index (χ1v) is 8.83. The Morgan fingerprint density at radius 1 is 1.08 bits per heavy atom. The highest BCUT2D eigenvalue weighted by Crippen LogP contribution is 2.38. The van der Waals surface area contributed by atoms with Gasteiger partial charge in [0.1, 0.15) is 12.3 Å². The van der Waals surface area contributed by atoms with Crippen molar-refractivity contribution < 1.29 is 19.5 Å². The fourth-order valence-electron chi connectivity index (χ4n) is 3.04. The van der Waals surface area contributed by atoms with E-state index in [4.69, 9.17) is 4.74 Å². The second-order valence-electron chi connectivity index (χ2n) is 8.11. The van der Waals surface area contributed by atoms with Gasteiger partial charge in [-0.3, -0.25) is 4.79 Å². The van der Waals surface area contributed by atoms with E-state index in [1.54, 1.807) is 12.1 Å².